The van der Waals surface area contributed by atoms with Crippen molar-refractivity contribution in [2.45, 2.75) is 31.9 Å². The Labute approximate surface area is 66.6 Å². The monoisotopic (exact) mass is 155 g/mol. The van der Waals surface area contributed by atoms with Gasteiger partial charge in [0.1, 0.15) is 0 Å². The van der Waals surface area contributed by atoms with Gasteiger partial charge in [0.15, 0.2) is 0 Å². The predicted octanol–water partition coefficient (Wildman–Crippen LogP) is 2.83. The highest BCUT2D eigenvalue weighted by molar-refractivity contribution is 8.15. The van der Waals surface area contributed by atoms with Crippen molar-refractivity contribution in [3.63, 3.8) is 0 Å². The maximum Gasteiger partial charge on any atom is 0.0736 e. The summed E-state index contributed by atoms with van der Waals surface area (Å²) in [4.78, 5) is 4.24. The third-order valence-electron chi connectivity index (χ3n) is 1.38. The molecule has 0 aromatic rings. The maximum absolute atomic E-state index is 4.24. The minimum absolute atomic E-state index is 0.257. The second-order valence-electron chi connectivity index (χ2n) is 2.90. The standard InChI is InChI=1S/C8H13NS/c1-4-7-9-6-5-8(2,3)10-7/h5-6H,4H2,1-3H3. The van der Waals surface area contributed by atoms with Gasteiger partial charge in [-0.2, -0.15) is 0 Å². The summed E-state index contributed by atoms with van der Waals surface area (Å²) in [5, 5.41) is 1.24. The van der Waals surface area contributed by atoms with Crippen molar-refractivity contribution >= 4 is 16.8 Å². The van der Waals surface area contributed by atoms with Crippen molar-refractivity contribution in [3.05, 3.63) is 12.3 Å². The Kier molecular flexibility index (Phi) is 2.19. The number of hydrogen-bond acceptors (Lipinski definition) is 2. The topological polar surface area (TPSA) is 12.4 Å². The number of nitrogens with zero attached hydrogens (tertiary/aromatic N) is 1. The van der Waals surface area contributed by atoms with E-state index >= 15 is 0 Å². The molecule has 0 aromatic heterocycles. The smallest absolute Gasteiger partial charge is 0.0736 e. The number of aliphatic imine (C=N–C) groups is 1. The van der Waals surface area contributed by atoms with E-state index in [1.165, 1.54) is 5.04 Å². The molecule has 0 fully saturated rings. The molecule has 0 amide bonds. The van der Waals surface area contributed by atoms with E-state index in [-0.39, 0.29) is 4.75 Å². The summed E-state index contributed by atoms with van der Waals surface area (Å²) in [6, 6.07) is 0. The van der Waals surface area contributed by atoms with Crippen LogP contribution in [0.15, 0.2) is 17.3 Å². The highest BCUT2D eigenvalue weighted by Gasteiger charge is 2.19. The average Bonchev–Trinajstić information content (AvgIpc) is 1.86. The SMILES string of the molecule is CCC1=NC=CC(C)(C)S1. The molecule has 1 rings (SSSR count). The van der Waals surface area contributed by atoms with Crippen molar-refractivity contribution in [1.82, 2.24) is 0 Å². The minimum atomic E-state index is 0.257. The van der Waals surface area contributed by atoms with Gasteiger partial charge < -0.3 is 0 Å². The van der Waals surface area contributed by atoms with E-state index < -0.39 is 0 Å². The van der Waals surface area contributed by atoms with Crippen LogP contribution < -0.4 is 0 Å². The zero-order valence-electron chi connectivity index (χ0n) is 6.72. The highest BCUT2D eigenvalue weighted by atomic mass is 32.2. The Morgan fingerprint density at radius 3 is 2.70 bits per heavy atom. The van der Waals surface area contributed by atoms with Crippen LogP contribution in [-0.2, 0) is 0 Å². The van der Waals surface area contributed by atoms with Gasteiger partial charge in [-0.05, 0) is 20.3 Å². The quantitative estimate of drug-likeness (QED) is 0.567. The van der Waals surface area contributed by atoms with Crippen LogP contribution in [0.25, 0.3) is 0 Å². The zero-order valence-corrected chi connectivity index (χ0v) is 7.53. The second kappa shape index (κ2) is 2.79. The molecule has 1 heterocycles. The number of thioether (sulfide) groups is 1. The minimum Gasteiger partial charge on any atom is -0.255 e. The van der Waals surface area contributed by atoms with Crippen molar-refractivity contribution in [3.8, 4) is 0 Å². The van der Waals surface area contributed by atoms with Gasteiger partial charge in [0, 0.05) is 10.9 Å². The lowest BCUT2D eigenvalue weighted by atomic mass is 10.2. The van der Waals surface area contributed by atoms with Gasteiger partial charge in [-0.1, -0.05) is 13.0 Å². The van der Waals surface area contributed by atoms with Crippen LogP contribution in [0.2, 0.25) is 0 Å². The van der Waals surface area contributed by atoms with E-state index in [1.807, 2.05) is 18.0 Å². The average molecular weight is 155 g/mol. The molecule has 0 bridgehead atoms. The highest BCUT2D eigenvalue weighted by Crippen LogP contribution is 2.31. The fourth-order valence-corrected chi connectivity index (χ4v) is 1.82. The van der Waals surface area contributed by atoms with Gasteiger partial charge >= 0.3 is 0 Å². The summed E-state index contributed by atoms with van der Waals surface area (Å²) >= 11 is 1.85. The molecule has 0 unspecified atom stereocenters. The van der Waals surface area contributed by atoms with E-state index in [2.05, 4.69) is 31.8 Å². The normalized spacial score (nSPS) is 22.5. The lowest BCUT2D eigenvalue weighted by Crippen LogP contribution is -2.16. The van der Waals surface area contributed by atoms with E-state index in [9.17, 15) is 0 Å². The van der Waals surface area contributed by atoms with Gasteiger partial charge in [0.05, 0.1) is 5.04 Å². The van der Waals surface area contributed by atoms with Crippen LogP contribution in [0.1, 0.15) is 27.2 Å². The fourth-order valence-electron chi connectivity index (χ4n) is 0.827. The Morgan fingerprint density at radius 1 is 1.60 bits per heavy atom. The summed E-state index contributed by atoms with van der Waals surface area (Å²) < 4.78 is 0.257. The Bertz CT molecular complexity index is 180. The largest absolute Gasteiger partial charge is 0.255 e. The molecule has 56 valence electrons. The van der Waals surface area contributed by atoms with Gasteiger partial charge in [0.2, 0.25) is 0 Å². The third-order valence-corrected chi connectivity index (χ3v) is 2.67. The van der Waals surface area contributed by atoms with Gasteiger partial charge in [-0.25, -0.2) is 0 Å². The maximum atomic E-state index is 4.24. The van der Waals surface area contributed by atoms with E-state index in [0.29, 0.717) is 0 Å². The molecule has 0 aliphatic carbocycles. The van der Waals surface area contributed by atoms with Gasteiger partial charge in [-0.3, -0.25) is 4.99 Å². The predicted molar refractivity (Wildman–Crippen MR) is 48.5 cm³/mol. The van der Waals surface area contributed by atoms with Crippen LogP contribution in [0.5, 0.6) is 0 Å². The molecule has 0 spiro atoms. The molecule has 1 aliphatic rings. The van der Waals surface area contributed by atoms with Crippen molar-refractivity contribution in [1.29, 1.82) is 0 Å². The Morgan fingerprint density at radius 2 is 2.30 bits per heavy atom. The Hall–Kier alpha value is -0.240. The van der Waals surface area contributed by atoms with Gasteiger partial charge in [0.25, 0.3) is 0 Å². The second-order valence-corrected chi connectivity index (χ2v) is 4.63. The van der Waals surface area contributed by atoms with Crippen molar-refractivity contribution < 1.29 is 0 Å². The summed E-state index contributed by atoms with van der Waals surface area (Å²) in [6.07, 6.45) is 5.10. The molecule has 1 nitrogen and oxygen atoms in total. The zero-order chi connectivity index (χ0) is 7.61. The van der Waals surface area contributed by atoms with Crippen LogP contribution in [0.4, 0.5) is 0 Å². The summed E-state index contributed by atoms with van der Waals surface area (Å²) in [5.74, 6) is 0. The van der Waals surface area contributed by atoms with E-state index in [1.54, 1.807) is 0 Å². The first-order valence-electron chi connectivity index (χ1n) is 3.57. The molecule has 0 N–H and O–H groups in total. The molecule has 0 radical (unpaired) electrons. The lowest BCUT2D eigenvalue weighted by molar-refractivity contribution is 0.896. The third kappa shape index (κ3) is 1.87. The number of rotatable bonds is 1. The molecule has 2 heteroatoms. The first-order chi connectivity index (χ1) is 4.64. The van der Waals surface area contributed by atoms with E-state index in [0.717, 1.165) is 6.42 Å². The summed E-state index contributed by atoms with van der Waals surface area (Å²) in [6.45, 7) is 6.55. The first-order valence-corrected chi connectivity index (χ1v) is 4.39. The molecular formula is C8H13NS. The molecule has 0 atom stereocenters. The molecule has 0 aromatic carbocycles. The first kappa shape index (κ1) is 7.86. The molecule has 0 saturated heterocycles. The lowest BCUT2D eigenvalue weighted by Gasteiger charge is -2.22. The van der Waals surface area contributed by atoms with Gasteiger partial charge in [-0.15, -0.1) is 11.8 Å². The molecular weight excluding hydrogens is 142 g/mol. The van der Waals surface area contributed by atoms with Crippen LogP contribution in [0.3, 0.4) is 0 Å². The van der Waals surface area contributed by atoms with Crippen LogP contribution >= 0.6 is 11.8 Å². The summed E-state index contributed by atoms with van der Waals surface area (Å²) in [7, 11) is 0. The molecule has 10 heavy (non-hydrogen) atoms. The van der Waals surface area contributed by atoms with E-state index in [4.69, 9.17) is 0 Å². The molecule has 1 aliphatic heterocycles. The van der Waals surface area contributed by atoms with Crippen molar-refractivity contribution in [2.75, 3.05) is 0 Å². The summed E-state index contributed by atoms with van der Waals surface area (Å²) in [5.41, 5.74) is 0. The van der Waals surface area contributed by atoms with Crippen LogP contribution in [0, 0.1) is 0 Å². The van der Waals surface area contributed by atoms with Crippen LogP contribution in [-0.4, -0.2) is 9.79 Å². The fraction of sp³-hybridized carbons (Fsp3) is 0.625. The van der Waals surface area contributed by atoms with Crippen molar-refractivity contribution in [2.24, 2.45) is 4.99 Å². The Balaban J connectivity index is 2.68. The molecule has 0 saturated carbocycles. The number of hydrogen-bond donors (Lipinski definition) is 0.